The Hall–Kier alpha value is -0.970. The molecule has 0 atom stereocenters. The molecule has 0 unspecified atom stereocenters. The summed E-state index contributed by atoms with van der Waals surface area (Å²) >= 11 is 7.36. The van der Waals surface area contributed by atoms with Crippen molar-refractivity contribution >= 4 is 22.9 Å². The van der Waals surface area contributed by atoms with Crippen LogP contribution in [0.15, 0.2) is 23.6 Å². The van der Waals surface area contributed by atoms with Crippen molar-refractivity contribution < 1.29 is 4.39 Å². The lowest BCUT2D eigenvalue weighted by Crippen LogP contribution is -2.04. The first-order valence-corrected chi connectivity index (χ1v) is 6.01. The van der Waals surface area contributed by atoms with Gasteiger partial charge in [0.25, 0.3) is 0 Å². The smallest absolute Gasteiger partial charge is 0.134 e. The van der Waals surface area contributed by atoms with E-state index in [9.17, 15) is 4.39 Å². The van der Waals surface area contributed by atoms with Crippen molar-refractivity contribution in [3.05, 3.63) is 40.1 Å². The van der Waals surface area contributed by atoms with Crippen LogP contribution in [-0.2, 0) is 6.54 Å². The van der Waals surface area contributed by atoms with Crippen molar-refractivity contribution in [1.29, 1.82) is 0 Å². The molecule has 0 saturated heterocycles. The van der Waals surface area contributed by atoms with E-state index in [1.54, 1.807) is 12.1 Å². The molecule has 0 spiro atoms. The molecule has 0 aliphatic carbocycles. The maximum absolute atomic E-state index is 13.6. The number of nitrogens with zero attached hydrogens (tertiary/aromatic N) is 1. The molecule has 1 N–H and O–H groups in total. The van der Waals surface area contributed by atoms with Gasteiger partial charge in [0, 0.05) is 11.9 Å². The van der Waals surface area contributed by atoms with E-state index in [1.807, 2.05) is 12.4 Å². The van der Waals surface area contributed by atoms with Crippen LogP contribution in [0.2, 0.25) is 5.02 Å². The average molecular weight is 257 g/mol. The molecule has 0 saturated carbocycles. The lowest BCUT2D eigenvalue weighted by atomic mass is 10.2. The minimum Gasteiger partial charge on any atom is -0.314 e. The van der Waals surface area contributed by atoms with E-state index >= 15 is 0 Å². The lowest BCUT2D eigenvalue weighted by molar-refractivity contribution is 0.631. The molecule has 0 aliphatic rings. The summed E-state index contributed by atoms with van der Waals surface area (Å²) in [4.78, 5) is 4.32. The summed E-state index contributed by atoms with van der Waals surface area (Å²) < 4.78 is 13.6. The van der Waals surface area contributed by atoms with Crippen LogP contribution in [0.3, 0.4) is 0 Å². The topological polar surface area (TPSA) is 24.9 Å². The van der Waals surface area contributed by atoms with Gasteiger partial charge in [-0.3, -0.25) is 0 Å². The van der Waals surface area contributed by atoms with Crippen LogP contribution in [0.4, 0.5) is 4.39 Å². The fraction of sp³-hybridized carbons (Fsp3) is 0.182. The molecule has 1 aromatic heterocycles. The summed E-state index contributed by atoms with van der Waals surface area (Å²) in [6.07, 6.45) is 0. The van der Waals surface area contributed by atoms with Gasteiger partial charge in [-0.05, 0) is 19.2 Å². The van der Waals surface area contributed by atoms with Crippen LogP contribution >= 0.6 is 22.9 Å². The molecule has 0 aliphatic heterocycles. The highest BCUT2D eigenvalue weighted by molar-refractivity contribution is 7.13. The van der Waals surface area contributed by atoms with Gasteiger partial charge in [-0.15, -0.1) is 11.3 Å². The third kappa shape index (κ3) is 2.24. The normalized spacial score (nSPS) is 10.7. The fourth-order valence-corrected chi connectivity index (χ4v) is 2.57. The number of hydrogen-bond donors (Lipinski definition) is 1. The third-order valence-corrected chi connectivity index (χ3v) is 3.31. The quantitative estimate of drug-likeness (QED) is 0.911. The second kappa shape index (κ2) is 4.91. The monoisotopic (exact) mass is 256 g/mol. The molecule has 0 bridgehead atoms. The van der Waals surface area contributed by atoms with Crippen LogP contribution in [-0.4, -0.2) is 12.0 Å². The number of nitrogens with one attached hydrogen (secondary N) is 1. The fourth-order valence-electron chi connectivity index (χ4n) is 1.39. The Labute approximate surface area is 102 Å². The van der Waals surface area contributed by atoms with Crippen molar-refractivity contribution in [2.45, 2.75) is 6.54 Å². The van der Waals surface area contributed by atoms with Crippen molar-refractivity contribution in [3.63, 3.8) is 0 Å². The van der Waals surface area contributed by atoms with Gasteiger partial charge in [0.05, 0.1) is 16.3 Å². The Balaban J connectivity index is 2.42. The SMILES string of the molecule is CNCc1csc(-c2c(F)cccc2Cl)n1. The first-order chi connectivity index (χ1) is 7.72. The molecule has 0 amide bonds. The predicted molar refractivity (Wildman–Crippen MR) is 65.3 cm³/mol. The zero-order chi connectivity index (χ0) is 11.5. The van der Waals surface area contributed by atoms with Crippen LogP contribution in [0.1, 0.15) is 5.69 Å². The Bertz CT molecular complexity index is 478. The first kappa shape index (κ1) is 11.5. The summed E-state index contributed by atoms with van der Waals surface area (Å²) in [5, 5.41) is 5.91. The number of aromatic nitrogens is 1. The molecule has 1 heterocycles. The standard InChI is InChI=1S/C11H10ClFN2S/c1-14-5-7-6-16-11(15-7)10-8(12)3-2-4-9(10)13/h2-4,6,14H,5H2,1H3. The van der Waals surface area contributed by atoms with Gasteiger partial charge < -0.3 is 5.32 Å². The summed E-state index contributed by atoms with van der Waals surface area (Å²) in [6, 6.07) is 4.64. The van der Waals surface area contributed by atoms with Gasteiger partial charge >= 0.3 is 0 Å². The Kier molecular flexibility index (Phi) is 3.53. The molecule has 2 nitrogen and oxygen atoms in total. The van der Waals surface area contributed by atoms with E-state index in [-0.39, 0.29) is 5.82 Å². The Morgan fingerprint density at radius 1 is 1.50 bits per heavy atom. The Morgan fingerprint density at radius 3 is 3.00 bits per heavy atom. The van der Waals surface area contributed by atoms with Gasteiger partial charge in [-0.2, -0.15) is 0 Å². The molecule has 1 aromatic carbocycles. The van der Waals surface area contributed by atoms with Gasteiger partial charge in [-0.1, -0.05) is 17.7 Å². The second-order valence-corrected chi connectivity index (χ2v) is 4.54. The largest absolute Gasteiger partial charge is 0.314 e. The first-order valence-electron chi connectivity index (χ1n) is 4.75. The zero-order valence-electron chi connectivity index (χ0n) is 8.63. The summed E-state index contributed by atoms with van der Waals surface area (Å²) in [6.45, 7) is 0.669. The molecule has 2 aromatic rings. The molecule has 2 rings (SSSR count). The zero-order valence-corrected chi connectivity index (χ0v) is 10.2. The maximum Gasteiger partial charge on any atom is 0.134 e. The van der Waals surface area contributed by atoms with Gasteiger partial charge in [-0.25, -0.2) is 9.37 Å². The van der Waals surface area contributed by atoms with Crippen molar-refractivity contribution in [2.75, 3.05) is 7.05 Å². The molecule has 0 radical (unpaired) electrons. The van der Waals surface area contributed by atoms with Crippen LogP contribution in [0.25, 0.3) is 10.6 Å². The summed E-state index contributed by atoms with van der Waals surface area (Å²) in [5.41, 5.74) is 1.28. The van der Waals surface area contributed by atoms with E-state index in [1.165, 1.54) is 17.4 Å². The van der Waals surface area contributed by atoms with Crippen molar-refractivity contribution in [1.82, 2.24) is 10.3 Å². The van der Waals surface area contributed by atoms with E-state index < -0.39 is 0 Å². The number of benzene rings is 1. The number of rotatable bonds is 3. The van der Waals surface area contributed by atoms with Crippen molar-refractivity contribution in [2.24, 2.45) is 0 Å². The predicted octanol–water partition coefficient (Wildman–Crippen LogP) is 3.32. The molecule has 0 fully saturated rings. The van der Waals surface area contributed by atoms with Gasteiger partial charge in [0.15, 0.2) is 0 Å². The third-order valence-electron chi connectivity index (χ3n) is 2.09. The number of thiazole rings is 1. The van der Waals surface area contributed by atoms with E-state index in [2.05, 4.69) is 10.3 Å². The molecule has 16 heavy (non-hydrogen) atoms. The van der Waals surface area contributed by atoms with E-state index in [0.29, 0.717) is 22.1 Å². The molecule has 84 valence electrons. The highest BCUT2D eigenvalue weighted by Gasteiger charge is 2.13. The second-order valence-electron chi connectivity index (χ2n) is 3.27. The lowest BCUT2D eigenvalue weighted by Gasteiger charge is -2.01. The highest BCUT2D eigenvalue weighted by atomic mass is 35.5. The number of halogens is 2. The van der Waals surface area contributed by atoms with Crippen molar-refractivity contribution in [3.8, 4) is 10.6 Å². The summed E-state index contributed by atoms with van der Waals surface area (Å²) in [7, 11) is 1.84. The van der Waals surface area contributed by atoms with Gasteiger partial charge in [0.1, 0.15) is 10.8 Å². The highest BCUT2D eigenvalue weighted by Crippen LogP contribution is 2.32. The van der Waals surface area contributed by atoms with E-state index in [0.717, 1.165) is 5.69 Å². The van der Waals surface area contributed by atoms with Gasteiger partial charge in [0.2, 0.25) is 0 Å². The van der Waals surface area contributed by atoms with Crippen LogP contribution in [0, 0.1) is 5.82 Å². The van der Waals surface area contributed by atoms with Crippen LogP contribution < -0.4 is 5.32 Å². The minimum absolute atomic E-state index is 0.335. The molecule has 5 heteroatoms. The average Bonchev–Trinajstić information content (AvgIpc) is 2.67. The minimum atomic E-state index is -0.335. The number of hydrogen-bond acceptors (Lipinski definition) is 3. The van der Waals surface area contributed by atoms with E-state index in [4.69, 9.17) is 11.6 Å². The summed E-state index contributed by atoms with van der Waals surface area (Å²) in [5.74, 6) is -0.335. The molecular formula is C11H10ClFN2S. The molecular weight excluding hydrogens is 247 g/mol. The van der Waals surface area contributed by atoms with Crippen LogP contribution in [0.5, 0.6) is 0 Å². The Morgan fingerprint density at radius 2 is 2.31 bits per heavy atom. The maximum atomic E-state index is 13.6.